The van der Waals surface area contributed by atoms with Crippen LogP contribution in [0.15, 0.2) is 71.2 Å². The van der Waals surface area contributed by atoms with E-state index in [-0.39, 0.29) is 17.9 Å². The summed E-state index contributed by atoms with van der Waals surface area (Å²) in [5.74, 6) is -0.390. The van der Waals surface area contributed by atoms with Gasteiger partial charge >= 0.3 is 6.18 Å². The number of allylic oxidation sites excluding steroid dienone is 4. The highest BCUT2D eigenvalue weighted by atomic mass is 32.1. The van der Waals surface area contributed by atoms with Gasteiger partial charge in [0, 0.05) is 18.7 Å². The summed E-state index contributed by atoms with van der Waals surface area (Å²) in [6.07, 6.45) is 5.36. The minimum atomic E-state index is -4.41. The lowest BCUT2D eigenvalue weighted by atomic mass is 10.1. The molecule has 0 saturated heterocycles. The smallest absolute Gasteiger partial charge is 0.312 e. The van der Waals surface area contributed by atoms with Gasteiger partial charge in [-0.2, -0.15) is 13.2 Å². The van der Waals surface area contributed by atoms with E-state index in [1.807, 2.05) is 6.08 Å². The van der Waals surface area contributed by atoms with E-state index in [9.17, 15) is 22.8 Å². The number of amides is 1. The van der Waals surface area contributed by atoms with Gasteiger partial charge in [0.15, 0.2) is 0 Å². The zero-order valence-electron chi connectivity index (χ0n) is 18.4. The molecule has 4 rings (SSSR count). The Labute approximate surface area is 198 Å². The molecular weight excluding hydrogens is 463 g/mol. The number of pyridine rings is 1. The zero-order chi connectivity index (χ0) is 24.3. The van der Waals surface area contributed by atoms with Gasteiger partial charge in [0.05, 0.1) is 28.4 Å². The number of benzene rings is 1. The SMILES string of the molecule is Cc1nc(Cc2cccc(C(F)(F)F)c2)sc1NC(=O)c1ccc(=O)n(CC2=CCCC=C2)c1. The molecule has 5 nitrogen and oxygen atoms in total. The molecule has 0 aliphatic heterocycles. The van der Waals surface area contributed by atoms with Crippen LogP contribution in [0.5, 0.6) is 0 Å². The first-order valence-corrected chi connectivity index (χ1v) is 11.5. The first-order chi connectivity index (χ1) is 16.2. The Kier molecular flexibility index (Phi) is 6.83. The zero-order valence-corrected chi connectivity index (χ0v) is 19.2. The Morgan fingerprint density at radius 3 is 2.76 bits per heavy atom. The number of thiazole rings is 1. The molecule has 1 aliphatic carbocycles. The third-order valence-corrected chi connectivity index (χ3v) is 6.42. The number of nitrogens with one attached hydrogen (secondary N) is 1. The van der Waals surface area contributed by atoms with Gasteiger partial charge in [-0.05, 0) is 43.0 Å². The van der Waals surface area contributed by atoms with Crippen LogP contribution < -0.4 is 10.9 Å². The molecule has 34 heavy (non-hydrogen) atoms. The molecule has 0 saturated carbocycles. The van der Waals surface area contributed by atoms with Crippen molar-refractivity contribution < 1.29 is 18.0 Å². The number of carbonyl (C=O) groups excluding carboxylic acids is 1. The molecule has 176 valence electrons. The number of halogens is 3. The molecule has 2 heterocycles. The van der Waals surface area contributed by atoms with Gasteiger partial charge in [0.2, 0.25) is 0 Å². The second-order valence-electron chi connectivity index (χ2n) is 7.99. The van der Waals surface area contributed by atoms with Gasteiger partial charge in [0.1, 0.15) is 5.00 Å². The van der Waals surface area contributed by atoms with E-state index >= 15 is 0 Å². The van der Waals surface area contributed by atoms with E-state index in [0.29, 0.717) is 33.4 Å². The van der Waals surface area contributed by atoms with Crippen molar-refractivity contribution in [3.63, 3.8) is 0 Å². The number of alkyl halides is 3. The summed E-state index contributed by atoms with van der Waals surface area (Å²) >= 11 is 1.22. The average Bonchev–Trinajstić information content (AvgIpc) is 3.14. The van der Waals surface area contributed by atoms with Crippen LogP contribution in [0.25, 0.3) is 0 Å². The molecule has 0 fully saturated rings. The second kappa shape index (κ2) is 9.80. The van der Waals surface area contributed by atoms with Crippen LogP contribution in [0.2, 0.25) is 0 Å². The standard InChI is InChI=1S/C25H22F3N3O2S/c1-16-24(34-21(29-16)13-18-8-5-9-20(12-18)25(26,27)28)30-23(33)19-10-11-22(32)31(15-19)14-17-6-3-2-4-7-17/h3,5-12,15H,2,4,13-14H2,1H3,(H,30,33). The fourth-order valence-corrected chi connectivity index (χ4v) is 4.62. The van der Waals surface area contributed by atoms with Gasteiger partial charge in [-0.1, -0.05) is 36.4 Å². The van der Waals surface area contributed by atoms with Crippen molar-refractivity contribution >= 4 is 22.2 Å². The summed E-state index contributed by atoms with van der Waals surface area (Å²) in [5, 5.41) is 3.92. The molecule has 0 bridgehead atoms. The molecule has 1 N–H and O–H groups in total. The van der Waals surface area contributed by atoms with Crippen molar-refractivity contribution in [2.75, 3.05) is 5.32 Å². The van der Waals surface area contributed by atoms with Crippen molar-refractivity contribution in [1.82, 2.24) is 9.55 Å². The van der Waals surface area contributed by atoms with Gasteiger partial charge in [-0.3, -0.25) is 9.59 Å². The minimum absolute atomic E-state index is 0.200. The van der Waals surface area contributed by atoms with Crippen LogP contribution in [-0.4, -0.2) is 15.5 Å². The van der Waals surface area contributed by atoms with Gasteiger partial charge in [0.25, 0.3) is 11.5 Å². The number of aromatic nitrogens is 2. The van der Waals surface area contributed by atoms with E-state index in [2.05, 4.69) is 22.5 Å². The van der Waals surface area contributed by atoms with Crippen molar-refractivity contribution in [3.8, 4) is 0 Å². The van der Waals surface area contributed by atoms with Crippen molar-refractivity contribution in [3.05, 3.63) is 104 Å². The molecule has 0 spiro atoms. The maximum Gasteiger partial charge on any atom is 0.416 e. The third-order valence-electron chi connectivity index (χ3n) is 5.35. The predicted octanol–water partition coefficient (Wildman–Crippen LogP) is 5.75. The van der Waals surface area contributed by atoms with E-state index in [1.165, 1.54) is 40.3 Å². The van der Waals surface area contributed by atoms with E-state index in [1.54, 1.807) is 13.0 Å². The van der Waals surface area contributed by atoms with Gasteiger partial charge in [-0.15, -0.1) is 11.3 Å². The summed E-state index contributed by atoms with van der Waals surface area (Å²) in [4.78, 5) is 29.5. The molecule has 1 amide bonds. The second-order valence-corrected chi connectivity index (χ2v) is 9.08. The Hall–Kier alpha value is -3.46. The topological polar surface area (TPSA) is 64.0 Å². The van der Waals surface area contributed by atoms with E-state index in [0.717, 1.165) is 30.5 Å². The van der Waals surface area contributed by atoms with Crippen molar-refractivity contribution in [1.29, 1.82) is 0 Å². The fourth-order valence-electron chi connectivity index (χ4n) is 3.62. The van der Waals surface area contributed by atoms with Gasteiger partial charge < -0.3 is 9.88 Å². The lowest BCUT2D eigenvalue weighted by molar-refractivity contribution is -0.137. The quantitative estimate of drug-likeness (QED) is 0.484. The fraction of sp³-hybridized carbons (Fsp3) is 0.240. The molecule has 2 aromatic heterocycles. The third kappa shape index (κ3) is 5.72. The maximum absolute atomic E-state index is 13.0. The normalized spacial score (nSPS) is 13.6. The number of hydrogen-bond acceptors (Lipinski definition) is 4. The lowest BCUT2D eigenvalue weighted by Gasteiger charge is -2.11. The van der Waals surface area contributed by atoms with Crippen molar-refractivity contribution in [2.24, 2.45) is 0 Å². The van der Waals surface area contributed by atoms with E-state index < -0.39 is 11.7 Å². The molecule has 0 atom stereocenters. The molecule has 0 radical (unpaired) electrons. The summed E-state index contributed by atoms with van der Waals surface area (Å²) in [6, 6.07) is 7.96. The first-order valence-electron chi connectivity index (χ1n) is 10.7. The van der Waals surface area contributed by atoms with Crippen molar-refractivity contribution in [2.45, 2.75) is 38.9 Å². The Balaban J connectivity index is 1.48. The number of hydrogen-bond donors (Lipinski definition) is 1. The summed E-state index contributed by atoms with van der Waals surface area (Å²) in [7, 11) is 0. The molecule has 1 aliphatic rings. The average molecular weight is 486 g/mol. The summed E-state index contributed by atoms with van der Waals surface area (Å²) in [6.45, 7) is 2.11. The van der Waals surface area contributed by atoms with E-state index in [4.69, 9.17) is 0 Å². The van der Waals surface area contributed by atoms with Crippen LogP contribution in [0, 0.1) is 6.92 Å². The Morgan fingerprint density at radius 2 is 2.03 bits per heavy atom. The highest BCUT2D eigenvalue weighted by Gasteiger charge is 2.30. The number of aryl methyl sites for hydroxylation is 1. The summed E-state index contributed by atoms with van der Waals surface area (Å²) in [5.41, 5.74) is 1.50. The largest absolute Gasteiger partial charge is 0.416 e. The number of nitrogens with zero attached hydrogens (tertiary/aromatic N) is 2. The highest BCUT2D eigenvalue weighted by molar-refractivity contribution is 7.16. The number of carbonyl (C=O) groups is 1. The van der Waals surface area contributed by atoms with Crippen LogP contribution >= 0.6 is 11.3 Å². The molecule has 1 aromatic carbocycles. The molecule has 9 heteroatoms. The van der Waals surface area contributed by atoms with Gasteiger partial charge in [-0.25, -0.2) is 4.98 Å². The number of anilines is 1. The van der Waals surface area contributed by atoms with Crippen LogP contribution in [-0.2, 0) is 19.1 Å². The van der Waals surface area contributed by atoms with Crippen LogP contribution in [0.3, 0.4) is 0 Å². The predicted molar refractivity (Wildman–Crippen MR) is 126 cm³/mol. The first kappa shape index (κ1) is 23.7. The Morgan fingerprint density at radius 1 is 1.21 bits per heavy atom. The minimum Gasteiger partial charge on any atom is -0.312 e. The lowest BCUT2D eigenvalue weighted by Crippen LogP contribution is -2.22. The number of rotatable bonds is 6. The molecule has 3 aromatic rings. The van der Waals surface area contributed by atoms with Crippen LogP contribution in [0.4, 0.5) is 18.2 Å². The molecular formula is C25H22F3N3O2S. The maximum atomic E-state index is 13.0. The Bertz CT molecular complexity index is 1340. The van der Waals surface area contributed by atoms with Crippen LogP contribution in [0.1, 0.15) is 45.0 Å². The summed E-state index contributed by atoms with van der Waals surface area (Å²) < 4.78 is 40.4. The molecule has 0 unspecified atom stereocenters. The highest BCUT2D eigenvalue weighted by Crippen LogP contribution is 2.31. The monoisotopic (exact) mass is 485 g/mol.